The molecule has 3 aromatic rings. The molecule has 0 fully saturated rings. The summed E-state index contributed by atoms with van der Waals surface area (Å²) in [5.41, 5.74) is 8.38. The van der Waals surface area contributed by atoms with E-state index in [4.69, 9.17) is 28.9 Å². The summed E-state index contributed by atoms with van der Waals surface area (Å²) in [4.78, 5) is 26.3. The normalized spacial score (nSPS) is 20.7. The molecular formula is C26H21Cl2NO3. The van der Waals surface area contributed by atoms with Crippen LogP contribution >= 0.6 is 23.2 Å². The lowest BCUT2D eigenvalue weighted by atomic mass is 9.61. The highest BCUT2D eigenvalue weighted by Crippen LogP contribution is 2.49. The van der Waals surface area contributed by atoms with Crippen molar-refractivity contribution >= 4 is 46.5 Å². The molecule has 0 amide bonds. The Labute approximate surface area is 196 Å². The number of nitrogens with two attached hydrogens (primary N) is 1. The van der Waals surface area contributed by atoms with Gasteiger partial charge in [0.05, 0.1) is 12.0 Å². The molecule has 6 heteroatoms. The molecule has 1 aliphatic rings. The number of carbonyl (C=O) groups is 2. The number of carbonyl (C=O) groups excluding carboxylic acids is 2. The number of allylic oxidation sites excluding steroid dienone is 2. The fraction of sp³-hybridized carbons (Fsp3) is 0.154. The molecule has 0 bridgehead atoms. The van der Waals surface area contributed by atoms with Gasteiger partial charge in [-0.2, -0.15) is 0 Å². The van der Waals surface area contributed by atoms with Gasteiger partial charge in [0.1, 0.15) is 6.29 Å². The van der Waals surface area contributed by atoms with Crippen LogP contribution in [0.15, 0.2) is 72.8 Å². The Morgan fingerprint density at radius 2 is 1.78 bits per heavy atom. The molecule has 1 aliphatic carbocycles. The highest BCUT2D eigenvalue weighted by Gasteiger charge is 2.46. The predicted molar refractivity (Wildman–Crippen MR) is 128 cm³/mol. The van der Waals surface area contributed by atoms with E-state index < -0.39 is 11.3 Å². The fourth-order valence-electron chi connectivity index (χ4n) is 4.52. The van der Waals surface area contributed by atoms with E-state index >= 15 is 0 Å². The van der Waals surface area contributed by atoms with Gasteiger partial charge >= 0.3 is 0 Å². The standard InChI is InChI=1S/C26H21Cl2NO3/c27-18-6-3-5-16(10-18)23-12-25(32)21(20-7-2-1-4-17(20)14-30)13-26(23,15-31)22-9-8-19(28)11-24(22)29/h1-11,13,15,23,30H,12,14,29H2/t23-,26-/m0/s1. The average Bonchev–Trinajstić information content (AvgIpc) is 2.79. The van der Waals surface area contributed by atoms with Crippen LogP contribution in [0, 0.1) is 0 Å². The van der Waals surface area contributed by atoms with E-state index in [0.717, 1.165) is 11.8 Å². The van der Waals surface area contributed by atoms with Crippen LogP contribution in [0.25, 0.3) is 5.57 Å². The first kappa shape index (κ1) is 22.3. The van der Waals surface area contributed by atoms with Crippen molar-refractivity contribution in [2.75, 3.05) is 5.73 Å². The van der Waals surface area contributed by atoms with E-state index in [-0.39, 0.29) is 18.8 Å². The van der Waals surface area contributed by atoms with Crippen LogP contribution in [0.2, 0.25) is 10.0 Å². The van der Waals surface area contributed by atoms with Gasteiger partial charge < -0.3 is 15.6 Å². The Morgan fingerprint density at radius 1 is 1.03 bits per heavy atom. The summed E-state index contributed by atoms with van der Waals surface area (Å²) >= 11 is 12.4. The maximum absolute atomic E-state index is 13.4. The van der Waals surface area contributed by atoms with Gasteiger partial charge in [-0.1, -0.05) is 71.7 Å². The molecule has 4 nitrogen and oxygen atoms in total. The van der Waals surface area contributed by atoms with Gasteiger partial charge in [-0.3, -0.25) is 4.79 Å². The smallest absolute Gasteiger partial charge is 0.163 e. The number of anilines is 1. The summed E-state index contributed by atoms with van der Waals surface area (Å²) in [5.74, 6) is -0.638. The Bertz CT molecular complexity index is 1240. The molecule has 0 unspecified atom stereocenters. The molecule has 3 N–H and O–H groups in total. The van der Waals surface area contributed by atoms with E-state index in [2.05, 4.69) is 0 Å². The third-order valence-corrected chi connectivity index (χ3v) is 6.52. The van der Waals surface area contributed by atoms with Gasteiger partial charge in [0.25, 0.3) is 0 Å². The fourth-order valence-corrected chi connectivity index (χ4v) is 4.90. The third-order valence-electron chi connectivity index (χ3n) is 6.05. The highest BCUT2D eigenvalue weighted by molar-refractivity contribution is 6.31. The summed E-state index contributed by atoms with van der Waals surface area (Å²) in [5, 5.41) is 10.8. The molecule has 0 spiro atoms. The number of aliphatic hydroxyl groups excluding tert-OH is 1. The van der Waals surface area contributed by atoms with Crippen molar-refractivity contribution in [2.24, 2.45) is 0 Å². The molecule has 0 radical (unpaired) electrons. The second kappa shape index (κ2) is 8.91. The SMILES string of the molecule is Nc1cc(Cl)ccc1[C@@]1(C=O)C=C(c2ccccc2CO)C(=O)C[C@H]1c1cccc(Cl)c1. The van der Waals surface area contributed by atoms with Gasteiger partial charge in [0, 0.05) is 33.6 Å². The van der Waals surface area contributed by atoms with Crippen molar-refractivity contribution in [1.82, 2.24) is 0 Å². The zero-order valence-electron chi connectivity index (χ0n) is 17.1. The number of ketones is 1. The molecule has 0 saturated heterocycles. The molecule has 0 saturated carbocycles. The quantitative estimate of drug-likeness (QED) is 0.393. The lowest BCUT2D eigenvalue weighted by molar-refractivity contribution is -0.116. The average molecular weight is 466 g/mol. The first-order valence-corrected chi connectivity index (χ1v) is 10.9. The number of Topliss-reactive ketones (excluding diaryl/α,β-unsaturated/α-hetero) is 1. The first-order valence-electron chi connectivity index (χ1n) is 10.1. The van der Waals surface area contributed by atoms with E-state index in [1.54, 1.807) is 66.7 Å². The zero-order chi connectivity index (χ0) is 22.9. The van der Waals surface area contributed by atoms with Gasteiger partial charge in [-0.05, 0) is 46.5 Å². The van der Waals surface area contributed by atoms with Crippen LogP contribution in [0.4, 0.5) is 5.69 Å². The van der Waals surface area contributed by atoms with Gasteiger partial charge in [0.2, 0.25) is 0 Å². The molecule has 4 rings (SSSR count). The first-order chi connectivity index (χ1) is 15.4. The summed E-state index contributed by atoms with van der Waals surface area (Å²) in [6.45, 7) is -0.226. The summed E-state index contributed by atoms with van der Waals surface area (Å²) in [6.07, 6.45) is 2.60. The Hall–Kier alpha value is -2.92. The maximum Gasteiger partial charge on any atom is 0.163 e. The zero-order valence-corrected chi connectivity index (χ0v) is 18.6. The Morgan fingerprint density at radius 3 is 2.47 bits per heavy atom. The number of aliphatic hydroxyl groups is 1. The van der Waals surface area contributed by atoms with E-state index in [9.17, 15) is 14.7 Å². The lowest BCUT2D eigenvalue weighted by Gasteiger charge is -2.39. The largest absolute Gasteiger partial charge is 0.398 e. The monoisotopic (exact) mass is 465 g/mol. The molecule has 32 heavy (non-hydrogen) atoms. The van der Waals surface area contributed by atoms with Crippen molar-refractivity contribution in [3.63, 3.8) is 0 Å². The maximum atomic E-state index is 13.4. The number of rotatable bonds is 5. The Balaban J connectivity index is 2.02. The van der Waals surface area contributed by atoms with E-state index in [0.29, 0.717) is 38.0 Å². The number of halogens is 2. The van der Waals surface area contributed by atoms with Crippen molar-refractivity contribution in [3.8, 4) is 0 Å². The molecule has 0 heterocycles. The van der Waals surface area contributed by atoms with Crippen LogP contribution in [-0.4, -0.2) is 17.2 Å². The van der Waals surface area contributed by atoms with Crippen molar-refractivity contribution in [2.45, 2.75) is 24.4 Å². The number of hydrogen-bond donors (Lipinski definition) is 2. The summed E-state index contributed by atoms with van der Waals surface area (Å²) in [7, 11) is 0. The van der Waals surface area contributed by atoms with E-state index in [1.165, 1.54) is 0 Å². The highest BCUT2D eigenvalue weighted by atomic mass is 35.5. The minimum atomic E-state index is -1.23. The number of nitrogen functional groups attached to an aromatic ring is 1. The van der Waals surface area contributed by atoms with Crippen LogP contribution in [-0.2, 0) is 21.6 Å². The molecule has 0 aromatic heterocycles. The molecule has 2 atom stereocenters. The second-order valence-electron chi connectivity index (χ2n) is 7.89. The van der Waals surface area contributed by atoms with Gasteiger partial charge in [-0.25, -0.2) is 0 Å². The van der Waals surface area contributed by atoms with Crippen molar-refractivity contribution in [3.05, 3.63) is 105 Å². The van der Waals surface area contributed by atoms with Crippen LogP contribution in [0.5, 0.6) is 0 Å². The second-order valence-corrected chi connectivity index (χ2v) is 8.76. The number of benzene rings is 3. The molecular weight excluding hydrogens is 445 g/mol. The van der Waals surface area contributed by atoms with Gasteiger partial charge in [0.15, 0.2) is 5.78 Å². The number of aldehydes is 1. The Kier molecular flexibility index (Phi) is 6.20. The van der Waals surface area contributed by atoms with Crippen LogP contribution < -0.4 is 5.73 Å². The van der Waals surface area contributed by atoms with Crippen LogP contribution in [0.1, 0.15) is 34.6 Å². The molecule has 0 aliphatic heterocycles. The molecule has 162 valence electrons. The molecule has 3 aromatic carbocycles. The van der Waals surface area contributed by atoms with Gasteiger partial charge in [-0.15, -0.1) is 0 Å². The third kappa shape index (κ3) is 3.86. The van der Waals surface area contributed by atoms with Crippen molar-refractivity contribution < 1.29 is 14.7 Å². The minimum absolute atomic E-state index is 0.0761. The predicted octanol–water partition coefficient (Wildman–Crippen LogP) is 5.34. The topological polar surface area (TPSA) is 80.4 Å². The van der Waals surface area contributed by atoms with Crippen molar-refractivity contribution in [1.29, 1.82) is 0 Å². The van der Waals surface area contributed by atoms with Crippen LogP contribution in [0.3, 0.4) is 0 Å². The summed E-state index contributed by atoms with van der Waals surface area (Å²) < 4.78 is 0. The van der Waals surface area contributed by atoms with E-state index in [1.807, 2.05) is 6.07 Å². The number of hydrogen-bond acceptors (Lipinski definition) is 4. The summed E-state index contributed by atoms with van der Waals surface area (Å²) in [6, 6.07) is 19.3. The lowest BCUT2D eigenvalue weighted by Crippen LogP contribution is -2.39. The minimum Gasteiger partial charge on any atom is -0.398 e.